The van der Waals surface area contributed by atoms with E-state index in [2.05, 4.69) is 4.99 Å². The summed E-state index contributed by atoms with van der Waals surface area (Å²) < 4.78 is 39.4. The van der Waals surface area contributed by atoms with Crippen LogP contribution in [0.4, 0.5) is 0 Å². The minimum Gasteiger partial charge on any atom is -0.507 e. The van der Waals surface area contributed by atoms with E-state index in [4.69, 9.17) is 31.0 Å². The highest BCUT2D eigenvalue weighted by molar-refractivity contribution is 7.89. The van der Waals surface area contributed by atoms with E-state index in [1.807, 2.05) is 0 Å². The number of halogens is 1. The molecule has 3 N–H and O–H groups in total. The van der Waals surface area contributed by atoms with Crippen molar-refractivity contribution in [1.29, 1.82) is 0 Å². The van der Waals surface area contributed by atoms with Gasteiger partial charge in [-0.05, 0) is 17.7 Å². The number of nitrogens with zero attached hydrogens (tertiary/aromatic N) is 1. The Hall–Kier alpha value is -3.41. The molecule has 0 aromatic heterocycles. The molecule has 0 amide bonds. The van der Waals surface area contributed by atoms with Crippen LogP contribution in [0.2, 0.25) is 5.02 Å². The fraction of sp³-hybridized carbons (Fsp3) is 0.292. The molecule has 0 bridgehead atoms. The second-order valence-corrected chi connectivity index (χ2v) is 10.4. The maximum absolute atomic E-state index is 13.7. The molecular weight excluding hydrogens is 512 g/mol. The molecule has 10 nitrogen and oxygen atoms in total. The average Bonchev–Trinajstić information content (AvgIpc) is 3.15. The number of nitrogens with two attached hydrogens (primary N) is 1. The van der Waals surface area contributed by atoms with Crippen LogP contribution in [0.15, 0.2) is 51.6 Å². The summed E-state index contributed by atoms with van der Waals surface area (Å²) in [5.74, 6) is -1.93. The standard InChI is InChI=1S/C24H23ClN2O8S/c1-12-8-16(28)15(11-27-10-13-4-6-14(7-5-13)36(26,31)32)22(29)24(12)23(30)19-17(33-2)9-18(34-3)20(25)21(19)35-24/h4-7,9,11-12,29H,8,10H2,1-3H3,(H2,26,31,32)/t12-,24+/m1/s1. The van der Waals surface area contributed by atoms with Gasteiger partial charge in [0.15, 0.2) is 17.3 Å². The van der Waals surface area contributed by atoms with E-state index in [1.54, 1.807) is 6.92 Å². The van der Waals surface area contributed by atoms with Gasteiger partial charge in [0, 0.05) is 24.6 Å². The predicted molar refractivity (Wildman–Crippen MR) is 131 cm³/mol. The molecule has 0 saturated carbocycles. The van der Waals surface area contributed by atoms with Crippen molar-refractivity contribution < 1.29 is 37.3 Å². The molecule has 1 aliphatic carbocycles. The average molecular weight is 535 g/mol. The molecule has 0 saturated heterocycles. The molecule has 2 aromatic rings. The highest BCUT2D eigenvalue weighted by atomic mass is 35.5. The van der Waals surface area contributed by atoms with Crippen LogP contribution in [0.3, 0.4) is 0 Å². The number of primary sulfonamides is 1. The lowest BCUT2D eigenvalue weighted by Gasteiger charge is -2.36. The number of fused-ring (bicyclic) bond motifs is 1. The van der Waals surface area contributed by atoms with E-state index in [9.17, 15) is 23.1 Å². The van der Waals surface area contributed by atoms with Crippen molar-refractivity contribution in [3.05, 3.63) is 57.8 Å². The highest BCUT2D eigenvalue weighted by Crippen LogP contribution is 2.54. The number of carbonyl (C=O) groups excluding carboxylic acids is 2. The molecule has 0 unspecified atom stereocenters. The van der Waals surface area contributed by atoms with Crippen LogP contribution in [0.5, 0.6) is 17.2 Å². The van der Waals surface area contributed by atoms with Gasteiger partial charge in [0.05, 0.1) is 31.2 Å². The van der Waals surface area contributed by atoms with E-state index < -0.39 is 38.9 Å². The first-order valence-corrected chi connectivity index (χ1v) is 12.6. The molecule has 12 heteroatoms. The monoisotopic (exact) mass is 534 g/mol. The Morgan fingerprint density at radius 1 is 1.22 bits per heavy atom. The van der Waals surface area contributed by atoms with Crippen molar-refractivity contribution in [2.75, 3.05) is 14.2 Å². The first-order valence-electron chi connectivity index (χ1n) is 10.7. The zero-order valence-corrected chi connectivity index (χ0v) is 21.1. The number of rotatable bonds is 6. The molecule has 36 heavy (non-hydrogen) atoms. The fourth-order valence-electron chi connectivity index (χ4n) is 4.34. The summed E-state index contributed by atoms with van der Waals surface area (Å²) in [6.45, 7) is 1.69. The van der Waals surface area contributed by atoms with Gasteiger partial charge in [0.2, 0.25) is 21.4 Å². The number of ketones is 2. The van der Waals surface area contributed by atoms with Gasteiger partial charge in [-0.2, -0.15) is 0 Å². The number of aliphatic hydroxyl groups is 1. The largest absolute Gasteiger partial charge is 0.507 e. The Labute approximate surface area is 212 Å². The summed E-state index contributed by atoms with van der Waals surface area (Å²) in [6, 6.07) is 7.18. The number of methoxy groups -OCH3 is 2. The molecule has 1 aliphatic heterocycles. The van der Waals surface area contributed by atoms with Crippen LogP contribution >= 0.6 is 11.6 Å². The first kappa shape index (κ1) is 25.7. The molecule has 190 valence electrons. The topological polar surface area (TPSA) is 155 Å². The molecular formula is C24H23ClN2O8S. The fourth-order valence-corrected chi connectivity index (χ4v) is 5.12. The summed E-state index contributed by atoms with van der Waals surface area (Å²) >= 11 is 6.41. The Morgan fingerprint density at radius 2 is 1.86 bits per heavy atom. The van der Waals surface area contributed by atoms with Crippen molar-refractivity contribution in [2.24, 2.45) is 16.0 Å². The minimum absolute atomic E-state index is 0.00292. The van der Waals surface area contributed by atoms with Crippen LogP contribution in [0.25, 0.3) is 0 Å². The van der Waals surface area contributed by atoms with Gasteiger partial charge in [-0.1, -0.05) is 30.7 Å². The zero-order valence-electron chi connectivity index (χ0n) is 19.6. The number of allylic oxidation sites excluding steroid dienone is 1. The van der Waals surface area contributed by atoms with Crippen molar-refractivity contribution in [2.45, 2.75) is 30.4 Å². The van der Waals surface area contributed by atoms with E-state index in [-0.39, 0.29) is 51.3 Å². The normalized spacial score (nSPS) is 21.8. The summed E-state index contributed by atoms with van der Waals surface area (Å²) in [5.41, 5.74) is -1.38. The molecule has 0 fully saturated rings. The summed E-state index contributed by atoms with van der Waals surface area (Å²) in [4.78, 5) is 30.6. The first-order chi connectivity index (χ1) is 16.9. The number of aliphatic imine (C=N–C) groups is 1. The van der Waals surface area contributed by atoms with Crippen LogP contribution in [0, 0.1) is 5.92 Å². The van der Waals surface area contributed by atoms with Crippen LogP contribution in [-0.4, -0.2) is 51.1 Å². The maximum atomic E-state index is 13.7. The lowest BCUT2D eigenvalue weighted by molar-refractivity contribution is -0.118. The Bertz CT molecular complexity index is 1430. The van der Waals surface area contributed by atoms with Gasteiger partial charge in [-0.3, -0.25) is 14.6 Å². The van der Waals surface area contributed by atoms with E-state index in [0.29, 0.717) is 5.56 Å². The van der Waals surface area contributed by atoms with Crippen molar-refractivity contribution in [3.63, 3.8) is 0 Å². The molecule has 1 heterocycles. The highest BCUT2D eigenvalue weighted by Gasteiger charge is 2.60. The lowest BCUT2D eigenvalue weighted by atomic mass is 9.73. The Morgan fingerprint density at radius 3 is 2.44 bits per heavy atom. The Kier molecular flexibility index (Phi) is 6.58. The van der Waals surface area contributed by atoms with Gasteiger partial charge >= 0.3 is 0 Å². The quantitative estimate of drug-likeness (QED) is 0.536. The van der Waals surface area contributed by atoms with E-state index >= 15 is 0 Å². The van der Waals surface area contributed by atoms with Crippen molar-refractivity contribution in [3.8, 4) is 17.2 Å². The number of sulfonamides is 1. The number of Topliss-reactive ketones (excluding diaryl/α,β-unsaturated/α-hetero) is 2. The summed E-state index contributed by atoms with van der Waals surface area (Å²) in [6.07, 6.45) is 1.09. The minimum atomic E-state index is -3.83. The summed E-state index contributed by atoms with van der Waals surface area (Å²) in [7, 11) is -1.05. The number of ether oxygens (including phenoxy) is 3. The lowest BCUT2D eigenvalue weighted by Crippen LogP contribution is -2.52. The molecule has 4 rings (SSSR count). The van der Waals surface area contributed by atoms with Crippen molar-refractivity contribution >= 4 is 39.4 Å². The number of carbonyl (C=O) groups is 2. The number of benzene rings is 2. The third kappa shape index (κ3) is 4.02. The van der Waals surface area contributed by atoms with Crippen LogP contribution < -0.4 is 19.3 Å². The third-order valence-electron chi connectivity index (χ3n) is 6.26. The van der Waals surface area contributed by atoms with Crippen LogP contribution in [0.1, 0.15) is 29.3 Å². The zero-order chi connectivity index (χ0) is 26.4. The number of aliphatic hydroxyl groups excluding tert-OH is 1. The van der Waals surface area contributed by atoms with E-state index in [1.165, 1.54) is 50.8 Å². The molecule has 2 atom stereocenters. The molecule has 1 spiro atoms. The third-order valence-corrected chi connectivity index (χ3v) is 7.54. The molecule has 2 aliphatic rings. The molecule has 2 aromatic carbocycles. The van der Waals surface area contributed by atoms with Crippen molar-refractivity contribution in [1.82, 2.24) is 0 Å². The number of hydrogen-bond donors (Lipinski definition) is 2. The predicted octanol–water partition coefficient (Wildman–Crippen LogP) is 3.01. The van der Waals surface area contributed by atoms with Gasteiger partial charge in [-0.15, -0.1) is 0 Å². The summed E-state index contributed by atoms with van der Waals surface area (Å²) in [5, 5.41) is 16.4. The van der Waals surface area contributed by atoms with E-state index in [0.717, 1.165) is 0 Å². The maximum Gasteiger partial charge on any atom is 0.238 e. The molecule has 0 radical (unpaired) electrons. The van der Waals surface area contributed by atoms with Gasteiger partial charge in [0.1, 0.15) is 22.1 Å². The number of hydrogen-bond acceptors (Lipinski definition) is 9. The smallest absolute Gasteiger partial charge is 0.238 e. The Balaban J connectivity index is 1.71. The second-order valence-electron chi connectivity index (χ2n) is 8.42. The SMILES string of the molecule is COc1cc(OC)c2c(c1Cl)O[C@]1(C2=O)C(O)=C(C=NCc2ccc(S(N)(=O)=O)cc2)C(=O)C[C@H]1C. The second kappa shape index (κ2) is 9.23. The van der Waals surface area contributed by atoms with Gasteiger partial charge in [-0.25, -0.2) is 13.6 Å². The van der Waals surface area contributed by atoms with Gasteiger partial charge < -0.3 is 19.3 Å². The van der Waals surface area contributed by atoms with Gasteiger partial charge in [0.25, 0.3) is 0 Å². The van der Waals surface area contributed by atoms with Crippen LogP contribution in [-0.2, 0) is 21.4 Å².